The Morgan fingerprint density at radius 3 is 2.62 bits per heavy atom. The number of nitrogens with one attached hydrogen (secondary N) is 1. The summed E-state index contributed by atoms with van der Waals surface area (Å²) >= 11 is 3.24. The van der Waals surface area contributed by atoms with E-state index >= 15 is 0 Å². The zero-order valence-electron chi connectivity index (χ0n) is 11.6. The molecule has 0 atom stereocenters. The average Bonchev–Trinajstić information content (AvgIpc) is 2.87. The van der Waals surface area contributed by atoms with Crippen molar-refractivity contribution < 1.29 is 14.7 Å². The molecule has 2 aromatic rings. The topological polar surface area (TPSA) is 71.3 Å². The third-order valence-electron chi connectivity index (χ3n) is 2.97. The maximum absolute atomic E-state index is 12.3. The van der Waals surface area contributed by atoms with Crippen LogP contribution in [0, 0.1) is 0 Å². The van der Waals surface area contributed by atoms with Crippen molar-refractivity contribution >= 4 is 33.5 Å². The molecule has 2 N–H and O–H groups in total. The fourth-order valence-corrected chi connectivity index (χ4v) is 2.51. The number of halogens is 1. The molecule has 0 unspecified atom stereocenters. The lowest BCUT2D eigenvalue weighted by Gasteiger charge is -2.13. The van der Waals surface area contributed by atoms with Gasteiger partial charge in [-0.1, -0.05) is 15.9 Å². The van der Waals surface area contributed by atoms with Crippen LogP contribution >= 0.6 is 15.9 Å². The van der Waals surface area contributed by atoms with Crippen molar-refractivity contribution in [2.45, 2.75) is 19.9 Å². The minimum Gasteiger partial charge on any atom is -0.478 e. The molecular weight excluding hydrogens is 336 g/mol. The van der Waals surface area contributed by atoms with Gasteiger partial charge in [-0.05, 0) is 44.2 Å². The summed E-state index contributed by atoms with van der Waals surface area (Å²) in [4.78, 5) is 23.3. The molecule has 0 saturated carbocycles. The van der Waals surface area contributed by atoms with Crippen LogP contribution in [0.3, 0.4) is 0 Å². The fourth-order valence-electron chi connectivity index (χ4n) is 2.02. The molecule has 1 aromatic heterocycles. The minimum atomic E-state index is -1.04. The number of nitrogens with zero attached hydrogens (tertiary/aromatic N) is 1. The van der Waals surface area contributed by atoms with Crippen molar-refractivity contribution in [1.82, 2.24) is 4.57 Å². The molecule has 110 valence electrons. The van der Waals surface area contributed by atoms with E-state index in [1.165, 1.54) is 12.1 Å². The van der Waals surface area contributed by atoms with E-state index in [1.807, 2.05) is 24.6 Å². The highest BCUT2D eigenvalue weighted by atomic mass is 79.9. The van der Waals surface area contributed by atoms with Crippen LogP contribution in [0.1, 0.15) is 40.7 Å². The molecule has 1 aromatic carbocycles. The van der Waals surface area contributed by atoms with Crippen molar-refractivity contribution in [3.8, 4) is 0 Å². The lowest BCUT2D eigenvalue weighted by molar-refractivity contribution is 0.0696. The quantitative estimate of drug-likeness (QED) is 0.881. The number of hydrogen-bond acceptors (Lipinski definition) is 2. The van der Waals surface area contributed by atoms with Gasteiger partial charge >= 0.3 is 5.97 Å². The number of rotatable bonds is 4. The van der Waals surface area contributed by atoms with E-state index in [2.05, 4.69) is 21.2 Å². The van der Waals surface area contributed by atoms with E-state index in [1.54, 1.807) is 18.2 Å². The number of anilines is 1. The second-order valence-corrected chi connectivity index (χ2v) is 5.80. The van der Waals surface area contributed by atoms with Gasteiger partial charge in [0.25, 0.3) is 5.91 Å². The zero-order chi connectivity index (χ0) is 15.6. The lowest BCUT2D eigenvalue weighted by atomic mass is 10.2. The number of benzene rings is 1. The molecule has 0 aliphatic carbocycles. The van der Waals surface area contributed by atoms with Gasteiger partial charge in [-0.25, -0.2) is 4.79 Å². The maximum Gasteiger partial charge on any atom is 0.335 e. The predicted octanol–water partition coefficient (Wildman–Crippen LogP) is 3.78. The average molecular weight is 351 g/mol. The summed E-state index contributed by atoms with van der Waals surface area (Å²) in [5.41, 5.74) is 1.07. The molecule has 5 nitrogen and oxygen atoms in total. The van der Waals surface area contributed by atoms with Crippen molar-refractivity contribution in [2.75, 3.05) is 5.32 Å². The minimum absolute atomic E-state index is 0.110. The van der Waals surface area contributed by atoms with E-state index in [9.17, 15) is 9.59 Å². The summed E-state index contributed by atoms with van der Waals surface area (Å²) in [6, 6.07) is 8.26. The molecule has 0 aliphatic rings. The standard InChI is InChI=1S/C15H15BrN2O3/c1-9(2)18-5-3-4-13(18)14(19)17-12-7-10(15(20)21)6-11(16)8-12/h3-9H,1-2H3,(H,17,19)(H,20,21). The molecule has 0 aliphatic heterocycles. The summed E-state index contributed by atoms with van der Waals surface area (Å²) in [6.45, 7) is 3.97. The Labute approximate surface area is 130 Å². The van der Waals surface area contributed by atoms with Gasteiger partial charge in [-0.15, -0.1) is 0 Å². The van der Waals surface area contributed by atoms with Crippen LogP contribution in [0.5, 0.6) is 0 Å². The van der Waals surface area contributed by atoms with Gasteiger partial charge in [-0.3, -0.25) is 4.79 Å². The Bertz CT molecular complexity index is 692. The van der Waals surface area contributed by atoms with E-state index in [0.717, 1.165) is 0 Å². The predicted molar refractivity (Wildman–Crippen MR) is 83.9 cm³/mol. The molecule has 0 spiro atoms. The summed E-state index contributed by atoms with van der Waals surface area (Å²) in [5, 5.41) is 11.8. The second-order valence-electron chi connectivity index (χ2n) is 4.88. The molecule has 0 bridgehead atoms. The van der Waals surface area contributed by atoms with Crippen molar-refractivity contribution in [1.29, 1.82) is 0 Å². The van der Waals surface area contributed by atoms with Gasteiger partial charge in [0.05, 0.1) is 5.56 Å². The van der Waals surface area contributed by atoms with E-state index in [-0.39, 0.29) is 17.5 Å². The summed E-state index contributed by atoms with van der Waals surface area (Å²) < 4.78 is 2.45. The number of hydrogen-bond donors (Lipinski definition) is 2. The number of aromatic nitrogens is 1. The summed E-state index contributed by atoms with van der Waals surface area (Å²) in [7, 11) is 0. The number of carbonyl (C=O) groups excluding carboxylic acids is 1. The first-order valence-electron chi connectivity index (χ1n) is 6.40. The maximum atomic E-state index is 12.3. The van der Waals surface area contributed by atoms with E-state index in [4.69, 9.17) is 5.11 Å². The highest BCUT2D eigenvalue weighted by Crippen LogP contribution is 2.21. The van der Waals surface area contributed by atoms with E-state index < -0.39 is 5.97 Å². The molecule has 0 fully saturated rings. The Hall–Kier alpha value is -2.08. The first kappa shape index (κ1) is 15.3. The number of aromatic carboxylic acids is 1. The molecule has 0 radical (unpaired) electrons. The molecule has 21 heavy (non-hydrogen) atoms. The fraction of sp³-hybridized carbons (Fsp3) is 0.200. The normalized spacial score (nSPS) is 10.7. The molecule has 2 rings (SSSR count). The SMILES string of the molecule is CC(C)n1cccc1C(=O)Nc1cc(Br)cc(C(=O)O)c1. The second kappa shape index (κ2) is 6.13. The first-order chi connectivity index (χ1) is 9.88. The van der Waals surface area contributed by atoms with Crippen LogP contribution < -0.4 is 5.32 Å². The Kier molecular flexibility index (Phi) is 4.47. The molecule has 0 saturated heterocycles. The highest BCUT2D eigenvalue weighted by Gasteiger charge is 2.14. The largest absolute Gasteiger partial charge is 0.478 e. The Morgan fingerprint density at radius 2 is 2.00 bits per heavy atom. The Morgan fingerprint density at radius 1 is 1.29 bits per heavy atom. The molecule has 1 heterocycles. The van der Waals surface area contributed by atoms with Crippen LogP contribution in [-0.4, -0.2) is 21.6 Å². The molecule has 1 amide bonds. The highest BCUT2D eigenvalue weighted by molar-refractivity contribution is 9.10. The smallest absolute Gasteiger partial charge is 0.335 e. The zero-order valence-corrected chi connectivity index (χ0v) is 13.2. The van der Waals surface area contributed by atoms with Crippen molar-refractivity contribution in [3.63, 3.8) is 0 Å². The van der Waals surface area contributed by atoms with Crippen LogP contribution in [0.4, 0.5) is 5.69 Å². The van der Waals surface area contributed by atoms with Gasteiger partial charge < -0.3 is 15.0 Å². The van der Waals surface area contributed by atoms with Gasteiger partial charge in [0, 0.05) is 22.4 Å². The molecule has 6 heteroatoms. The Balaban J connectivity index is 2.27. The number of carbonyl (C=O) groups is 2. The van der Waals surface area contributed by atoms with Crippen LogP contribution in [0.2, 0.25) is 0 Å². The summed E-state index contributed by atoms with van der Waals surface area (Å²) in [5.74, 6) is -1.32. The van der Waals surface area contributed by atoms with Crippen molar-refractivity contribution in [3.05, 3.63) is 52.3 Å². The number of carboxylic acid groups (broad SMARTS) is 1. The van der Waals surface area contributed by atoms with E-state index in [0.29, 0.717) is 15.9 Å². The lowest BCUT2D eigenvalue weighted by Crippen LogP contribution is -2.18. The van der Waals surface area contributed by atoms with Gasteiger partial charge in [0.2, 0.25) is 0 Å². The van der Waals surface area contributed by atoms with Crippen LogP contribution in [-0.2, 0) is 0 Å². The van der Waals surface area contributed by atoms with Gasteiger partial charge in [0.15, 0.2) is 0 Å². The monoisotopic (exact) mass is 350 g/mol. The van der Waals surface area contributed by atoms with Gasteiger partial charge in [-0.2, -0.15) is 0 Å². The summed E-state index contributed by atoms with van der Waals surface area (Å²) in [6.07, 6.45) is 1.84. The van der Waals surface area contributed by atoms with Crippen LogP contribution in [0.15, 0.2) is 41.0 Å². The van der Waals surface area contributed by atoms with Crippen molar-refractivity contribution in [2.24, 2.45) is 0 Å². The van der Waals surface area contributed by atoms with Gasteiger partial charge in [0.1, 0.15) is 5.69 Å². The number of carboxylic acids is 1. The third-order valence-corrected chi connectivity index (χ3v) is 3.43. The number of amides is 1. The third kappa shape index (κ3) is 3.52. The van der Waals surface area contributed by atoms with Crippen LogP contribution in [0.25, 0.3) is 0 Å². The molecular formula is C15H15BrN2O3. The first-order valence-corrected chi connectivity index (χ1v) is 7.20.